The fraction of sp³-hybridized carbons (Fsp3) is 0.286. The molecule has 1 heterocycles. The standard InChI is InChI=1S/C14H13F3N2O4S/c1-9-5-10-3-2-4-11(13(10)18-6-9)24(21,22)19-12(20)7-23-8-14(15,16)17/h2-6H,7-8H2,1H3,(H,19,20). The van der Waals surface area contributed by atoms with E-state index in [4.69, 9.17) is 0 Å². The highest BCUT2D eigenvalue weighted by molar-refractivity contribution is 7.90. The quantitative estimate of drug-likeness (QED) is 0.878. The van der Waals surface area contributed by atoms with Crippen molar-refractivity contribution in [2.45, 2.75) is 18.0 Å². The molecule has 0 aliphatic rings. The molecule has 0 fully saturated rings. The van der Waals surface area contributed by atoms with Crippen LogP contribution in [0.5, 0.6) is 0 Å². The highest BCUT2D eigenvalue weighted by atomic mass is 32.2. The first kappa shape index (κ1) is 18.1. The molecule has 6 nitrogen and oxygen atoms in total. The van der Waals surface area contributed by atoms with Crippen molar-refractivity contribution in [2.75, 3.05) is 13.2 Å². The first-order valence-electron chi connectivity index (χ1n) is 6.64. The van der Waals surface area contributed by atoms with Crippen LogP contribution in [0, 0.1) is 6.92 Å². The van der Waals surface area contributed by atoms with Gasteiger partial charge in [0.25, 0.3) is 15.9 Å². The lowest BCUT2D eigenvalue weighted by Crippen LogP contribution is -2.34. The molecule has 1 aromatic heterocycles. The molecule has 0 saturated carbocycles. The number of fused-ring (bicyclic) bond motifs is 1. The molecule has 2 rings (SSSR count). The summed E-state index contributed by atoms with van der Waals surface area (Å²) in [5.74, 6) is -1.21. The van der Waals surface area contributed by atoms with Crippen LogP contribution in [0.1, 0.15) is 5.56 Å². The number of sulfonamides is 1. The third-order valence-corrected chi connectivity index (χ3v) is 4.25. The zero-order valence-corrected chi connectivity index (χ0v) is 13.2. The summed E-state index contributed by atoms with van der Waals surface area (Å²) in [6.45, 7) is -0.890. The van der Waals surface area contributed by atoms with E-state index in [1.165, 1.54) is 18.3 Å². The number of aromatic nitrogens is 1. The van der Waals surface area contributed by atoms with Crippen LogP contribution in [0.4, 0.5) is 13.2 Å². The lowest BCUT2D eigenvalue weighted by molar-refractivity contribution is -0.175. The summed E-state index contributed by atoms with van der Waals surface area (Å²) in [4.78, 5) is 15.3. The van der Waals surface area contributed by atoms with Crippen LogP contribution in [-0.2, 0) is 19.6 Å². The minimum absolute atomic E-state index is 0.152. The van der Waals surface area contributed by atoms with Gasteiger partial charge in [-0.3, -0.25) is 9.78 Å². The van der Waals surface area contributed by atoms with Gasteiger partial charge >= 0.3 is 6.18 Å². The highest BCUT2D eigenvalue weighted by Gasteiger charge is 2.28. The smallest absolute Gasteiger partial charge is 0.362 e. The Morgan fingerprint density at radius 3 is 2.71 bits per heavy atom. The van der Waals surface area contributed by atoms with Gasteiger partial charge in [0.15, 0.2) is 0 Å². The number of rotatable bonds is 5. The molecule has 0 radical (unpaired) electrons. The SMILES string of the molecule is Cc1cnc2c(S(=O)(=O)NC(=O)COCC(F)(F)F)cccc2c1. The van der Waals surface area contributed by atoms with Crippen molar-refractivity contribution in [1.29, 1.82) is 0 Å². The second-order valence-electron chi connectivity index (χ2n) is 4.98. The van der Waals surface area contributed by atoms with Crippen LogP contribution in [0.25, 0.3) is 10.9 Å². The van der Waals surface area contributed by atoms with Crippen LogP contribution in [0.15, 0.2) is 35.4 Å². The molecule has 1 amide bonds. The zero-order chi connectivity index (χ0) is 18.0. The number of alkyl halides is 3. The average molecular weight is 362 g/mol. The molecule has 0 bridgehead atoms. The molecule has 2 aromatic rings. The van der Waals surface area contributed by atoms with E-state index < -0.39 is 35.3 Å². The number of benzene rings is 1. The van der Waals surface area contributed by atoms with Gasteiger partial charge in [0.2, 0.25) is 0 Å². The number of amides is 1. The number of carbonyl (C=O) groups is 1. The molecule has 24 heavy (non-hydrogen) atoms. The number of para-hydroxylation sites is 1. The Hall–Kier alpha value is -2.20. The first-order chi connectivity index (χ1) is 11.1. The molecule has 0 spiro atoms. The van der Waals surface area contributed by atoms with Crippen LogP contribution in [0.3, 0.4) is 0 Å². The van der Waals surface area contributed by atoms with Gasteiger partial charge in [-0.15, -0.1) is 0 Å². The lowest BCUT2D eigenvalue weighted by atomic mass is 10.2. The third-order valence-electron chi connectivity index (χ3n) is 2.85. The maximum absolute atomic E-state index is 12.3. The molecule has 0 saturated heterocycles. The Labute approximate surface area is 135 Å². The Kier molecular flexibility index (Phi) is 5.09. The van der Waals surface area contributed by atoms with E-state index in [1.54, 1.807) is 23.8 Å². The van der Waals surface area contributed by atoms with Crippen LogP contribution < -0.4 is 4.72 Å². The van der Waals surface area contributed by atoms with Gasteiger partial charge in [-0.25, -0.2) is 13.1 Å². The molecule has 1 N–H and O–H groups in total. The minimum atomic E-state index is -4.60. The summed E-state index contributed by atoms with van der Waals surface area (Å²) in [5.41, 5.74) is 0.973. The lowest BCUT2D eigenvalue weighted by Gasteiger charge is -2.10. The van der Waals surface area contributed by atoms with Gasteiger partial charge in [-0.1, -0.05) is 12.1 Å². The summed E-state index contributed by atoms with van der Waals surface area (Å²) >= 11 is 0. The first-order valence-corrected chi connectivity index (χ1v) is 8.12. The van der Waals surface area contributed by atoms with Crippen molar-refractivity contribution in [3.8, 4) is 0 Å². The number of halogens is 3. The average Bonchev–Trinajstić information content (AvgIpc) is 2.44. The largest absolute Gasteiger partial charge is 0.411 e. The summed E-state index contributed by atoms with van der Waals surface area (Å²) in [6, 6.07) is 6.09. The minimum Gasteiger partial charge on any atom is -0.362 e. The van der Waals surface area contributed by atoms with E-state index in [9.17, 15) is 26.4 Å². The number of nitrogens with zero attached hydrogens (tertiary/aromatic N) is 1. The van der Waals surface area contributed by atoms with Crippen LogP contribution in [0.2, 0.25) is 0 Å². The van der Waals surface area contributed by atoms with E-state index in [1.807, 2.05) is 0 Å². The third kappa shape index (κ3) is 4.65. The molecule has 130 valence electrons. The Bertz CT molecular complexity index is 866. The van der Waals surface area contributed by atoms with Crippen molar-refractivity contribution in [1.82, 2.24) is 9.71 Å². The monoisotopic (exact) mass is 362 g/mol. The number of pyridine rings is 1. The number of carbonyl (C=O) groups excluding carboxylic acids is 1. The van der Waals surface area contributed by atoms with E-state index >= 15 is 0 Å². The van der Waals surface area contributed by atoms with Gasteiger partial charge in [0, 0.05) is 11.6 Å². The summed E-state index contributed by atoms with van der Waals surface area (Å²) < 4.78 is 66.1. The predicted molar refractivity (Wildman–Crippen MR) is 78.7 cm³/mol. The summed E-state index contributed by atoms with van der Waals surface area (Å²) in [6.07, 6.45) is -3.13. The van der Waals surface area contributed by atoms with Crippen LogP contribution >= 0.6 is 0 Å². The summed E-state index contributed by atoms with van der Waals surface area (Å²) in [5, 5.41) is 0.554. The van der Waals surface area contributed by atoms with Crippen molar-refractivity contribution in [3.63, 3.8) is 0 Å². The maximum Gasteiger partial charge on any atom is 0.411 e. The topological polar surface area (TPSA) is 85.4 Å². The Morgan fingerprint density at radius 2 is 2.04 bits per heavy atom. The molecule has 0 aliphatic heterocycles. The number of hydrogen-bond donors (Lipinski definition) is 1. The fourth-order valence-corrected chi connectivity index (χ4v) is 3.10. The number of aryl methyl sites for hydroxylation is 1. The zero-order valence-electron chi connectivity index (χ0n) is 12.4. The van der Waals surface area contributed by atoms with Crippen molar-refractivity contribution in [3.05, 3.63) is 36.0 Å². The second kappa shape index (κ2) is 6.73. The normalized spacial score (nSPS) is 12.3. The molecule has 10 heteroatoms. The second-order valence-corrected chi connectivity index (χ2v) is 6.63. The van der Waals surface area contributed by atoms with Crippen molar-refractivity contribution >= 4 is 26.8 Å². The Morgan fingerprint density at radius 1 is 1.33 bits per heavy atom. The fourth-order valence-electron chi connectivity index (χ4n) is 1.95. The molecule has 0 atom stereocenters. The molecule has 0 unspecified atom stereocenters. The van der Waals surface area contributed by atoms with Crippen molar-refractivity contribution in [2.24, 2.45) is 0 Å². The Balaban J connectivity index is 2.18. The van der Waals surface area contributed by atoms with E-state index in [2.05, 4.69) is 9.72 Å². The highest BCUT2D eigenvalue weighted by Crippen LogP contribution is 2.21. The van der Waals surface area contributed by atoms with E-state index in [0.717, 1.165) is 5.56 Å². The number of hydrogen-bond acceptors (Lipinski definition) is 5. The molecular formula is C14H13F3N2O4S. The number of nitrogens with one attached hydrogen (secondary N) is 1. The van der Waals surface area contributed by atoms with Gasteiger partial charge in [-0.2, -0.15) is 13.2 Å². The van der Waals surface area contributed by atoms with Crippen molar-refractivity contribution < 1.29 is 31.1 Å². The van der Waals surface area contributed by atoms with Gasteiger partial charge in [-0.05, 0) is 24.6 Å². The van der Waals surface area contributed by atoms with Crippen LogP contribution in [-0.4, -0.2) is 38.7 Å². The van der Waals surface area contributed by atoms with E-state index in [-0.39, 0.29) is 10.4 Å². The molecule has 1 aromatic carbocycles. The van der Waals surface area contributed by atoms with Gasteiger partial charge < -0.3 is 4.74 Å². The molecule has 0 aliphatic carbocycles. The van der Waals surface area contributed by atoms with Gasteiger partial charge in [0.1, 0.15) is 18.1 Å². The van der Waals surface area contributed by atoms with Gasteiger partial charge in [0.05, 0.1) is 5.52 Å². The molecular weight excluding hydrogens is 349 g/mol. The summed E-state index contributed by atoms with van der Waals surface area (Å²) in [7, 11) is -4.29. The maximum atomic E-state index is 12.3. The van der Waals surface area contributed by atoms with E-state index in [0.29, 0.717) is 5.39 Å². The predicted octanol–water partition coefficient (Wildman–Crippen LogP) is 1.93. The number of ether oxygens (including phenoxy) is 1.